The predicted octanol–water partition coefficient (Wildman–Crippen LogP) is 2.57. The molecular formula is C32H34N6O4. The van der Waals surface area contributed by atoms with E-state index in [0.717, 1.165) is 60.9 Å². The highest BCUT2D eigenvalue weighted by atomic mass is 16.2. The zero-order valence-electron chi connectivity index (χ0n) is 23.6. The number of hydrogen-bond acceptors (Lipinski definition) is 6. The van der Waals surface area contributed by atoms with Crippen LogP contribution in [0.25, 0.3) is 10.8 Å². The summed E-state index contributed by atoms with van der Waals surface area (Å²) in [4.78, 5) is 53.8. The van der Waals surface area contributed by atoms with Crippen LogP contribution in [0.5, 0.6) is 0 Å². The first-order valence-electron chi connectivity index (χ1n) is 14.2. The third-order valence-corrected chi connectivity index (χ3v) is 8.01. The molecule has 0 radical (unpaired) electrons. The number of nitrogens with zero attached hydrogens (tertiary/aromatic N) is 3. The maximum Gasteiger partial charge on any atom is 0.310 e. The van der Waals surface area contributed by atoms with Crippen molar-refractivity contribution < 1.29 is 19.2 Å². The fraction of sp³-hybridized carbons (Fsp3) is 0.344. The summed E-state index contributed by atoms with van der Waals surface area (Å²) < 4.78 is 0. The highest BCUT2D eigenvalue weighted by Gasteiger charge is 2.47. The van der Waals surface area contributed by atoms with Gasteiger partial charge in [-0.15, -0.1) is 0 Å². The Balaban J connectivity index is 1.38. The first-order valence-corrected chi connectivity index (χ1v) is 14.2. The molecule has 0 unspecified atom stereocenters. The molecule has 3 N–H and O–H groups in total. The van der Waals surface area contributed by atoms with Gasteiger partial charge < -0.3 is 25.8 Å². The first kappa shape index (κ1) is 28.6. The van der Waals surface area contributed by atoms with E-state index in [0.29, 0.717) is 17.7 Å². The van der Waals surface area contributed by atoms with Crippen LogP contribution in [0.3, 0.4) is 0 Å². The number of fused-ring (bicyclic) bond motifs is 1. The van der Waals surface area contributed by atoms with Crippen LogP contribution in [-0.2, 0) is 26.5 Å². The molecule has 1 heterocycles. The zero-order valence-corrected chi connectivity index (χ0v) is 23.6. The van der Waals surface area contributed by atoms with Crippen molar-refractivity contribution in [3.05, 3.63) is 77.4 Å². The molecule has 5 rings (SSSR count). The fourth-order valence-electron chi connectivity index (χ4n) is 5.59. The summed E-state index contributed by atoms with van der Waals surface area (Å²) in [7, 11) is 0. The molecule has 0 spiro atoms. The Hall–Kier alpha value is -4.91. The molecule has 10 heteroatoms. The van der Waals surface area contributed by atoms with Crippen LogP contribution in [0, 0.1) is 11.3 Å². The number of benzene rings is 3. The van der Waals surface area contributed by atoms with Gasteiger partial charge in [-0.05, 0) is 59.4 Å². The minimum absolute atomic E-state index is 0.0138. The minimum atomic E-state index is -0.902. The number of nitrogens with one attached hydrogen (secondary N) is 3. The van der Waals surface area contributed by atoms with Crippen LogP contribution in [0.1, 0.15) is 47.7 Å². The van der Waals surface area contributed by atoms with Gasteiger partial charge in [-0.1, -0.05) is 42.5 Å². The lowest BCUT2D eigenvalue weighted by atomic mass is 9.95. The SMILES string of the molecule is CC(=O)N1CCCN(c2cc(C3(NC(=O)c4ccccc4CNC(=O)C(=O)NCC#N)CC3)c3ccccc3c2)CC1. The zero-order chi connectivity index (χ0) is 29.7. The average molecular weight is 567 g/mol. The molecule has 1 aliphatic heterocycles. The third-order valence-electron chi connectivity index (χ3n) is 8.01. The number of anilines is 1. The molecule has 2 fully saturated rings. The van der Waals surface area contributed by atoms with Gasteiger partial charge >= 0.3 is 11.8 Å². The summed E-state index contributed by atoms with van der Waals surface area (Å²) in [5.41, 5.74) is 2.60. The monoisotopic (exact) mass is 566 g/mol. The smallest absolute Gasteiger partial charge is 0.310 e. The Bertz CT molecular complexity index is 1570. The van der Waals surface area contributed by atoms with Crippen molar-refractivity contribution in [3.8, 4) is 6.07 Å². The molecular weight excluding hydrogens is 532 g/mol. The number of nitriles is 1. The standard InChI is InChI=1S/C32H34N6O4/c1-22(39)37-15-6-16-38(18-17-37)25-19-23-7-2-4-9-26(23)28(20-25)32(11-12-32)36-29(40)27-10-5-3-8-24(27)21-35-31(42)30(41)34-14-13-33/h2-5,7-10,19-20H,6,11-12,14-18,21H2,1H3,(H,34,41)(H,35,42)(H,36,40). The van der Waals surface area contributed by atoms with E-state index in [4.69, 9.17) is 5.26 Å². The van der Waals surface area contributed by atoms with Crippen molar-refractivity contribution in [1.29, 1.82) is 5.26 Å². The van der Waals surface area contributed by atoms with Crippen molar-refractivity contribution in [2.24, 2.45) is 0 Å². The summed E-state index contributed by atoms with van der Waals surface area (Å²) in [6.45, 7) is 4.34. The molecule has 0 aromatic heterocycles. The van der Waals surface area contributed by atoms with E-state index in [2.05, 4.69) is 45.1 Å². The fourth-order valence-corrected chi connectivity index (χ4v) is 5.59. The van der Waals surface area contributed by atoms with Crippen LogP contribution in [0.15, 0.2) is 60.7 Å². The summed E-state index contributed by atoms with van der Waals surface area (Å²) >= 11 is 0. The van der Waals surface area contributed by atoms with Crippen molar-refractivity contribution in [1.82, 2.24) is 20.9 Å². The van der Waals surface area contributed by atoms with Crippen LogP contribution >= 0.6 is 0 Å². The maximum absolute atomic E-state index is 13.7. The van der Waals surface area contributed by atoms with Gasteiger partial charge in [0.25, 0.3) is 5.91 Å². The Kier molecular flexibility index (Phi) is 8.38. The highest BCUT2D eigenvalue weighted by Crippen LogP contribution is 2.49. The normalized spacial score (nSPS) is 15.7. The molecule has 3 aromatic carbocycles. The molecule has 42 heavy (non-hydrogen) atoms. The number of carbonyl (C=O) groups is 4. The largest absolute Gasteiger partial charge is 0.370 e. The molecule has 2 aliphatic rings. The van der Waals surface area contributed by atoms with Gasteiger partial charge in [0.15, 0.2) is 0 Å². The molecule has 0 atom stereocenters. The van der Waals surface area contributed by atoms with Crippen molar-refractivity contribution in [3.63, 3.8) is 0 Å². The van der Waals surface area contributed by atoms with E-state index in [-0.39, 0.29) is 24.9 Å². The van der Waals surface area contributed by atoms with Crippen LogP contribution < -0.4 is 20.9 Å². The van der Waals surface area contributed by atoms with Crippen molar-refractivity contribution >= 4 is 40.1 Å². The second-order valence-corrected chi connectivity index (χ2v) is 10.8. The lowest BCUT2D eigenvalue weighted by molar-refractivity contribution is -0.139. The van der Waals surface area contributed by atoms with E-state index < -0.39 is 17.4 Å². The quantitative estimate of drug-likeness (QED) is 0.297. The average Bonchev–Trinajstić information content (AvgIpc) is 3.82. The lowest BCUT2D eigenvalue weighted by Gasteiger charge is -2.27. The number of carbonyl (C=O) groups excluding carboxylic acids is 4. The lowest BCUT2D eigenvalue weighted by Crippen LogP contribution is -2.40. The van der Waals surface area contributed by atoms with Gasteiger partial charge in [-0.2, -0.15) is 5.26 Å². The van der Waals surface area contributed by atoms with Gasteiger partial charge in [0.1, 0.15) is 6.54 Å². The van der Waals surface area contributed by atoms with Gasteiger partial charge in [-0.3, -0.25) is 19.2 Å². The number of hydrogen-bond donors (Lipinski definition) is 3. The van der Waals surface area contributed by atoms with Crippen molar-refractivity contribution in [2.75, 3.05) is 37.6 Å². The van der Waals surface area contributed by atoms with Gasteiger partial charge in [-0.25, -0.2) is 0 Å². The summed E-state index contributed by atoms with van der Waals surface area (Å²) in [5.74, 6) is -1.94. The van der Waals surface area contributed by atoms with Gasteiger partial charge in [0.2, 0.25) is 5.91 Å². The van der Waals surface area contributed by atoms with Crippen LogP contribution in [0.4, 0.5) is 5.69 Å². The molecule has 1 saturated carbocycles. The summed E-state index contributed by atoms with van der Waals surface area (Å²) in [5, 5.41) is 18.8. The maximum atomic E-state index is 13.7. The minimum Gasteiger partial charge on any atom is -0.370 e. The van der Waals surface area contributed by atoms with E-state index >= 15 is 0 Å². The molecule has 216 valence electrons. The molecule has 0 bridgehead atoms. The highest BCUT2D eigenvalue weighted by molar-refractivity contribution is 6.35. The Labute approximate surface area is 244 Å². The molecule has 3 aromatic rings. The second kappa shape index (κ2) is 12.3. The Morgan fingerprint density at radius 2 is 1.64 bits per heavy atom. The number of rotatable bonds is 7. The Morgan fingerprint density at radius 3 is 2.40 bits per heavy atom. The molecule has 4 amide bonds. The molecule has 1 aliphatic carbocycles. The van der Waals surface area contributed by atoms with E-state index in [1.165, 1.54) is 0 Å². The van der Waals surface area contributed by atoms with Gasteiger partial charge in [0.05, 0.1) is 11.6 Å². The Morgan fingerprint density at radius 1 is 0.905 bits per heavy atom. The van der Waals surface area contributed by atoms with Crippen LogP contribution in [-0.4, -0.2) is 61.3 Å². The van der Waals surface area contributed by atoms with Crippen LogP contribution in [0.2, 0.25) is 0 Å². The van der Waals surface area contributed by atoms with Crippen molar-refractivity contribution in [2.45, 2.75) is 38.3 Å². The molecule has 10 nitrogen and oxygen atoms in total. The predicted molar refractivity (Wildman–Crippen MR) is 158 cm³/mol. The summed E-state index contributed by atoms with van der Waals surface area (Å²) in [6.07, 6.45) is 2.47. The molecule has 1 saturated heterocycles. The summed E-state index contributed by atoms with van der Waals surface area (Å²) in [6, 6.07) is 21.3. The number of amides is 4. The first-order chi connectivity index (χ1) is 20.3. The van der Waals surface area contributed by atoms with E-state index in [1.54, 1.807) is 37.3 Å². The van der Waals surface area contributed by atoms with Gasteiger partial charge in [0, 0.05) is 50.9 Å². The topological polar surface area (TPSA) is 135 Å². The van der Waals surface area contributed by atoms with E-state index in [1.807, 2.05) is 17.0 Å². The second-order valence-electron chi connectivity index (χ2n) is 10.8. The third kappa shape index (κ3) is 6.20. The van der Waals surface area contributed by atoms with E-state index in [9.17, 15) is 19.2 Å².